The zero-order valence-corrected chi connectivity index (χ0v) is 8.94. The molecule has 8 nitrogen and oxygen atoms in total. The van der Waals surface area contributed by atoms with E-state index >= 15 is 0 Å². The van der Waals surface area contributed by atoms with Crippen LogP contribution in [0.2, 0.25) is 0 Å². The van der Waals surface area contributed by atoms with Gasteiger partial charge in [0.2, 0.25) is 5.82 Å². The summed E-state index contributed by atoms with van der Waals surface area (Å²) in [6, 6.07) is 7.72. The quantitative estimate of drug-likeness (QED) is 0.489. The largest absolute Gasteiger partial charge is 0.269 e. The van der Waals surface area contributed by atoms with Gasteiger partial charge in [0.05, 0.1) is 4.92 Å². The third-order valence-electron chi connectivity index (χ3n) is 2.12. The molecule has 0 saturated heterocycles. The Labute approximate surface area is 101 Å². The summed E-state index contributed by atoms with van der Waals surface area (Å²) in [6.07, 6.45) is 1.52. The van der Waals surface area contributed by atoms with Crippen LogP contribution in [0.25, 0.3) is 11.6 Å². The fraction of sp³-hybridized carbons (Fsp3) is 0. The van der Waals surface area contributed by atoms with Gasteiger partial charge in [-0.05, 0) is 29.0 Å². The monoisotopic (exact) mass is 242 g/mol. The molecule has 1 aromatic heterocycles. The molecule has 0 radical (unpaired) electrons. The Morgan fingerprint density at radius 2 is 2.17 bits per heavy atom. The first-order valence-corrected chi connectivity index (χ1v) is 4.81. The molecule has 2 aromatic rings. The number of H-pyrrole nitrogens is 1. The van der Waals surface area contributed by atoms with Crippen LogP contribution in [-0.4, -0.2) is 25.5 Å². The van der Waals surface area contributed by atoms with Gasteiger partial charge in [0.15, 0.2) is 0 Å². The topological polar surface area (TPSA) is 121 Å². The molecule has 1 heterocycles. The number of aromatic nitrogens is 4. The van der Waals surface area contributed by atoms with E-state index in [1.165, 1.54) is 30.3 Å². The van der Waals surface area contributed by atoms with E-state index in [1.807, 2.05) is 6.07 Å². The standard InChI is InChI=1S/C10H6N6O2/c11-6-8(10-12-14-15-13-10)5-7-1-3-9(4-2-7)16(17)18/h1-5H,(H,12,13,14,15)/b8-5-. The van der Waals surface area contributed by atoms with Gasteiger partial charge in [-0.3, -0.25) is 10.1 Å². The molecule has 88 valence electrons. The molecule has 0 bridgehead atoms. The highest BCUT2D eigenvalue weighted by molar-refractivity contribution is 5.86. The number of aromatic amines is 1. The summed E-state index contributed by atoms with van der Waals surface area (Å²) in [5.41, 5.74) is 0.852. The number of nitrogens with zero attached hydrogens (tertiary/aromatic N) is 5. The highest BCUT2D eigenvalue weighted by atomic mass is 16.6. The number of nitrogens with one attached hydrogen (secondary N) is 1. The van der Waals surface area contributed by atoms with E-state index in [9.17, 15) is 10.1 Å². The Kier molecular flexibility index (Phi) is 3.06. The minimum absolute atomic E-state index is 0.00906. The zero-order chi connectivity index (χ0) is 13.0. The number of rotatable bonds is 3. The van der Waals surface area contributed by atoms with Crippen molar-refractivity contribution in [2.24, 2.45) is 0 Å². The fourth-order valence-corrected chi connectivity index (χ4v) is 1.28. The van der Waals surface area contributed by atoms with Crippen molar-refractivity contribution in [2.45, 2.75) is 0 Å². The Bertz CT molecular complexity index is 623. The van der Waals surface area contributed by atoms with Crippen molar-refractivity contribution in [3.05, 3.63) is 45.8 Å². The van der Waals surface area contributed by atoms with Crippen LogP contribution in [0.4, 0.5) is 5.69 Å². The molecule has 1 aromatic carbocycles. The van der Waals surface area contributed by atoms with Crippen molar-refractivity contribution < 1.29 is 4.92 Å². The lowest BCUT2D eigenvalue weighted by Gasteiger charge is -1.94. The minimum atomic E-state index is -0.488. The minimum Gasteiger partial charge on any atom is -0.258 e. The average molecular weight is 242 g/mol. The van der Waals surface area contributed by atoms with Crippen molar-refractivity contribution in [3.63, 3.8) is 0 Å². The van der Waals surface area contributed by atoms with Gasteiger partial charge in [-0.1, -0.05) is 0 Å². The molecular formula is C10H6N6O2. The normalized spacial score (nSPS) is 10.9. The van der Waals surface area contributed by atoms with Crippen molar-refractivity contribution in [2.75, 3.05) is 0 Å². The zero-order valence-electron chi connectivity index (χ0n) is 8.94. The molecular weight excluding hydrogens is 236 g/mol. The molecule has 0 unspecified atom stereocenters. The molecule has 0 spiro atoms. The van der Waals surface area contributed by atoms with Gasteiger partial charge in [-0.15, -0.1) is 10.2 Å². The van der Waals surface area contributed by atoms with Crippen LogP contribution in [0.1, 0.15) is 11.4 Å². The summed E-state index contributed by atoms with van der Waals surface area (Å²) >= 11 is 0. The van der Waals surface area contributed by atoms with E-state index in [4.69, 9.17) is 5.26 Å². The van der Waals surface area contributed by atoms with E-state index in [2.05, 4.69) is 20.6 Å². The number of hydrogen-bond donors (Lipinski definition) is 1. The summed E-state index contributed by atoms with van der Waals surface area (Å²) in [5.74, 6) is 0.177. The highest BCUT2D eigenvalue weighted by Gasteiger charge is 2.07. The van der Waals surface area contributed by atoms with Gasteiger partial charge >= 0.3 is 0 Å². The van der Waals surface area contributed by atoms with E-state index < -0.39 is 4.92 Å². The molecule has 0 aliphatic heterocycles. The van der Waals surface area contributed by atoms with Crippen LogP contribution >= 0.6 is 0 Å². The lowest BCUT2D eigenvalue weighted by molar-refractivity contribution is -0.384. The van der Waals surface area contributed by atoms with E-state index in [0.29, 0.717) is 5.56 Å². The van der Waals surface area contributed by atoms with Gasteiger partial charge < -0.3 is 0 Å². The van der Waals surface area contributed by atoms with Crippen molar-refractivity contribution in [3.8, 4) is 6.07 Å². The Morgan fingerprint density at radius 1 is 1.44 bits per heavy atom. The number of tetrazole rings is 1. The average Bonchev–Trinajstić information content (AvgIpc) is 2.90. The number of benzene rings is 1. The first-order valence-electron chi connectivity index (χ1n) is 4.81. The van der Waals surface area contributed by atoms with Crippen molar-refractivity contribution in [1.82, 2.24) is 20.6 Å². The molecule has 0 aliphatic rings. The third kappa shape index (κ3) is 2.35. The van der Waals surface area contributed by atoms with Crippen LogP contribution in [0.5, 0.6) is 0 Å². The number of allylic oxidation sites excluding steroid dienone is 1. The molecule has 0 fully saturated rings. The molecule has 1 N–H and O–H groups in total. The lowest BCUT2D eigenvalue weighted by Crippen LogP contribution is -1.88. The van der Waals surface area contributed by atoms with Crippen LogP contribution in [0.15, 0.2) is 24.3 Å². The van der Waals surface area contributed by atoms with Crippen LogP contribution < -0.4 is 0 Å². The van der Waals surface area contributed by atoms with E-state index in [0.717, 1.165) is 0 Å². The number of hydrogen-bond acceptors (Lipinski definition) is 6. The SMILES string of the molecule is N#C/C(=C/c1ccc([N+](=O)[O-])cc1)c1nn[nH]n1. The second-order valence-electron chi connectivity index (χ2n) is 3.25. The van der Waals surface area contributed by atoms with Gasteiger partial charge in [0.25, 0.3) is 5.69 Å². The number of non-ortho nitro benzene ring substituents is 1. The van der Waals surface area contributed by atoms with Gasteiger partial charge in [-0.25, -0.2) is 0 Å². The first kappa shape index (κ1) is 11.4. The molecule has 0 aliphatic carbocycles. The number of nitro groups is 1. The van der Waals surface area contributed by atoms with E-state index in [-0.39, 0.29) is 17.1 Å². The predicted octanol–water partition coefficient (Wildman–Crippen LogP) is 1.17. The molecule has 8 heteroatoms. The van der Waals surface area contributed by atoms with Crippen molar-refractivity contribution >= 4 is 17.3 Å². The maximum absolute atomic E-state index is 10.5. The molecule has 0 saturated carbocycles. The first-order chi connectivity index (χ1) is 8.70. The van der Waals surface area contributed by atoms with Gasteiger partial charge in [0, 0.05) is 12.1 Å². The number of nitro benzene ring substituents is 1. The molecule has 2 rings (SSSR count). The van der Waals surface area contributed by atoms with Crippen LogP contribution in [-0.2, 0) is 0 Å². The van der Waals surface area contributed by atoms with Gasteiger partial charge in [-0.2, -0.15) is 10.5 Å². The fourth-order valence-electron chi connectivity index (χ4n) is 1.28. The number of nitriles is 1. The van der Waals surface area contributed by atoms with Crippen LogP contribution in [0, 0.1) is 21.4 Å². The van der Waals surface area contributed by atoms with Crippen LogP contribution in [0.3, 0.4) is 0 Å². The Morgan fingerprint density at radius 3 is 2.67 bits per heavy atom. The predicted molar refractivity (Wildman–Crippen MR) is 60.8 cm³/mol. The third-order valence-corrected chi connectivity index (χ3v) is 2.12. The van der Waals surface area contributed by atoms with Gasteiger partial charge in [0.1, 0.15) is 11.6 Å². The maximum Gasteiger partial charge on any atom is 0.269 e. The second-order valence-corrected chi connectivity index (χ2v) is 3.25. The Balaban J connectivity index is 2.32. The molecule has 0 amide bonds. The smallest absolute Gasteiger partial charge is 0.258 e. The maximum atomic E-state index is 10.5. The summed E-state index contributed by atoms with van der Waals surface area (Å²) in [6.45, 7) is 0. The van der Waals surface area contributed by atoms with Crippen molar-refractivity contribution in [1.29, 1.82) is 5.26 Å². The molecule has 18 heavy (non-hydrogen) atoms. The summed E-state index contributed by atoms with van der Waals surface area (Å²) in [5, 5.41) is 32.4. The summed E-state index contributed by atoms with van der Waals surface area (Å²) < 4.78 is 0. The highest BCUT2D eigenvalue weighted by Crippen LogP contribution is 2.16. The summed E-state index contributed by atoms with van der Waals surface area (Å²) in [7, 11) is 0. The Hall–Kier alpha value is -3.08. The lowest BCUT2D eigenvalue weighted by atomic mass is 10.1. The molecule has 0 atom stereocenters. The van der Waals surface area contributed by atoms with E-state index in [1.54, 1.807) is 0 Å². The second kappa shape index (κ2) is 4.84. The summed E-state index contributed by atoms with van der Waals surface area (Å²) in [4.78, 5) is 9.99.